The first-order chi connectivity index (χ1) is 15.0. The molecule has 3 aromatic rings. The predicted octanol–water partition coefficient (Wildman–Crippen LogP) is 4.84. The van der Waals surface area contributed by atoms with Crippen LogP contribution >= 0.6 is 23.1 Å². The number of ether oxygens (including phenoxy) is 1. The number of hydrogen-bond donors (Lipinski definition) is 2. The van der Waals surface area contributed by atoms with Crippen LogP contribution in [-0.4, -0.2) is 34.4 Å². The van der Waals surface area contributed by atoms with E-state index < -0.39 is 5.82 Å². The summed E-state index contributed by atoms with van der Waals surface area (Å²) in [6.45, 7) is 2.74. The van der Waals surface area contributed by atoms with Crippen molar-refractivity contribution in [1.29, 1.82) is 0 Å². The number of carbonyl (C=O) groups excluding carboxylic acids is 2. The van der Waals surface area contributed by atoms with Gasteiger partial charge in [0.1, 0.15) is 11.6 Å². The Morgan fingerprint density at radius 3 is 2.68 bits per heavy atom. The molecule has 162 valence electrons. The van der Waals surface area contributed by atoms with E-state index in [-0.39, 0.29) is 17.6 Å². The third-order valence-corrected chi connectivity index (χ3v) is 5.92. The molecule has 0 bridgehead atoms. The van der Waals surface area contributed by atoms with Crippen molar-refractivity contribution in [2.24, 2.45) is 0 Å². The maximum Gasteiger partial charge on any atom is 0.257 e. The van der Waals surface area contributed by atoms with E-state index in [1.165, 1.54) is 41.3 Å². The second kappa shape index (κ2) is 11.4. The summed E-state index contributed by atoms with van der Waals surface area (Å²) < 4.78 is 19.3. The molecule has 0 saturated heterocycles. The Balaban J connectivity index is 1.46. The van der Waals surface area contributed by atoms with Gasteiger partial charge in [-0.2, -0.15) is 0 Å². The van der Waals surface area contributed by atoms with Crippen molar-refractivity contribution >= 4 is 45.7 Å². The van der Waals surface area contributed by atoms with E-state index in [0.717, 1.165) is 18.6 Å². The Kier molecular flexibility index (Phi) is 8.36. The van der Waals surface area contributed by atoms with Crippen LogP contribution in [0, 0.1) is 5.82 Å². The third kappa shape index (κ3) is 7.34. The van der Waals surface area contributed by atoms with Gasteiger partial charge in [-0.05, 0) is 48.9 Å². The van der Waals surface area contributed by atoms with Gasteiger partial charge in [0.15, 0.2) is 4.34 Å². The summed E-state index contributed by atoms with van der Waals surface area (Å²) in [5.74, 6) is -0.225. The first kappa shape index (κ1) is 22.7. The molecule has 0 saturated carbocycles. The summed E-state index contributed by atoms with van der Waals surface area (Å²) in [7, 11) is 0. The van der Waals surface area contributed by atoms with Gasteiger partial charge >= 0.3 is 0 Å². The van der Waals surface area contributed by atoms with Gasteiger partial charge in [0, 0.05) is 11.3 Å². The van der Waals surface area contributed by atoms with Crippen molar-refractivity contribution in [3.8, 4) is 5.75 Å². The number of amides is 2. The SMILES string of the molecule is CCCCOc1ccc(C(=O)Nc2nnc(SCC(=O)Nc3cccc(F)c3)s2)cc1. The molecule has 0 spiro atoms. The van der Waals surface area contributed by atoms with Crippen molar-refractivity contribution in [3.63, 3.8) is 0 Å². The lowest BCUT2D eigenvalue weighted by Crippen LogP contribution is -2.13. The lowest BCUT2D eigenvalue weighted by atomic mass is 10.2. The molecule has 1 heterocycles. The van der Waals surface area contributed by atoms with Gasteiger partial charge in [-0.1, -0.05) is 42.5 Å². The molecular weight excluding hydrogens is 439 g/mol. The van der Waals surface area contributed by atoms with Crippen LogP contribution in [-0.2, 0) is 4.79 Å². The molecule has 10 heteroatoms. The van der Waals surface area contributed by atoms with Crippen molar-refractivity contribution < 1.29 is 18.7 Å². The summed E-state index contributed by atoms with van der Waals surface area (Å²) in [4.78, 5) is 24.4. The summed E-state index contributed by atoms with van der Waals surface area (Å²) in [5.41, 5.74) is 0.860. The van der Waals surface area contributed by atoms with Crippen LogP contribution in [0.5, 0.6) is 5.75 Å². The first-order valence-electron chi connectivity index (χ1n) is 9.59. The lowest BCUT2D eigenvalue weighted by molar-refractivity contribution is -0.113. The monoisotopic (exact) mass is 460 g/mol. The Labute approximate surface area is 187 Å². The molecule has 7 nitrogen and oxygen atoms in total. The number of benzene rings is 2. The lowest BCUT2D eigenvalue weighted by Gasteiger charge is -2.06. The average Bonchev–Trinajstić information content (AvgIpc) is 3.20. The van der Waals surface area contributed by atoms with E-state index in [2.05, 4.69) is 27.8 Å². The number of aromatic nitrogens is 2. The standard InChI is InChI=1S/C21H21FN4O3S2/c1-2-3-11-29-17-9-7-14(8-10-17)19(28)24-20-25-26-21(31-20)30-13-18(27)23-16-6-4-5-15(22)12-16/h4-10,12H,2-3,11,13H2,1H3,(H,23,27)(H,24,25,28). The zero-order valence-electron chi connectivity index (χ0n) is 16.8. The van der Waals surface area contributed by atoms with Crippen molar-refractivity contribution in [2.75, 3.05) is 23.0 Å². The molecule has 0 aliphatic heterocycles. The van der Waals surface area contributed by atoms with Crippen LogP contribution in [0.1, 0.15) is 30.1 Å². The normalized spacial score (nSPS) is 10.5. The van der Waals surface area contributed by atoms with Gasteiger partial charge in [0.25, 0.3) is 5.91 Å². The highest BCUT2D eigenvalue weighted by Crippen LogP contribution is 2.26. The fourth-order valence-electron chi connectivity index (χ4n) is 2.42. The molecule has 0 radical (unpaired) electrons. The topological polar surface area (TPSA) is 93.2 Å². The minimum absolute atomic E-state index is 0.0819. The van der Waals surface area contributed by atoms with Gasteiger partial charge in [-0.15, -0.1) is 10.2 Å². The van der Waals surface area contributed by atoms with E-state index in [1.807, 2.05) is 0 Å². The quantitative estimate of drug-likeness (QED) is 0.256. The van der Waals surface area contributed by atoms with Gasteiger partial charge in [0.2, 0.25) is 11.0 Å². The molecule has 2 amide bonds. The number of halogens is 1. The molecular formula is C21H21FN4O3S2. The fraction of sp³-hybridized carbons (Fsp3) is 0.238. The molecule has 0 atom stereocenters. The largest absolute Gasteiger partial charge is 0.494 e. The zero-order chi connectivity index (χ0) is 22.1. The highest BCUT2D eigenvalue weighted by Gasteiger charge is 2.12. The van der Waals surface area contributed by atoms with Crippen molar-refractivity contribution in [2.45, 2.75) is 24.1 Å². The Morgan fingerprint density at radius 2 is 1.94 bits per heavy atom. The second-order valence-electron chi connectivity index (χ2n) is 6.40. The highest BCUT2D eigenvalue weighted by atomic mass is 32.2. The molecule has 3 rings (SSSR count). The minimum atomic E-state index is -0.423. The smallest absolute Gasteiger partial charge is 0.257 e. The number of rotatable bonds is 10. The van der Waals surface area contributed by atoms with Gasteiger partial charge in [-0.25, -0.2) is 4.39 Å². The van der Waals surface area contributed by atoms with Crippen LogP contribution in [0.4, 0.5) is 15.2 Å². The molecule has 0 fully saturated rings. The molecule has 0 aliphatic rings. The highest BCUT2D eigenvalue weighted by molar-refractivity contribution is 8.01. The van der Waals surface area contributed by atoms with E-state index >= 15 is 0 Å². The van der Waals surface area contributed by atoms with Crippen molar-refractivity contribution in [3.05, 3.63) is 59.9 Å². The molecule has 31 heavy (non-hydrogen) atoms. The Bertz CT molecular complexity index is 1030. The van der Waals surface area contributed by atoms with Gasteiger partial charge in [-0.3, -0.25) is 14.9 Å². The molecule has 1 aromatic heterocycles. The minimum Gasteiger partial charge on any atom is -0.494 e. The number of nitrogens with one attached hydrogen (secondary N) is 2. The zero-order valence-corrected chi connectivity index (χ0v) is 18.4. The average molecular weight is 461 g/mol. The van der Waals surface area contributed by atoms with Gasteiger partial charge in [0.05, 0.1) is 12.4 Å². The van der Waals surface area contributed by atoms with E-state index in [0.29, 0.717) is 27.3 Å². The number of thioether (sulfide) groups is 1. The molecule has 0 aliphatic carbocycles. The Morgan fingerprint density at radius 1 is 1.13 bits per heavy atom. The summed E-state index contributed by atoms with van der Waals surface area (Å²) in [6.07, 6.45) is 2.03. The number of anilines is 2. The number of nitrogens with zero attached hydrogens (tertiary/aromatic N) is 2. The van der Waals surface area contributed by atoms with Crippen LogP contribution < -0.4 is 15.4 Å². The first-order valence-corrected chi connectivity index (χ1v) is 11.4. The number of carbonyl (C=O) groups is 2. The maximum atomic E-state index is 13.2. The number of hydrogen-bond acceptors (Lipinski definition) is 7. The van der Waals surface area contributed by atoms with Crippen LogP contribution in [0.25, 0.3) is 0 Å². The van der Waals surface area contributed by atoms with Crippen molar-refractivity contribution in [1.82, 2.24) is 10.2 Å². The second-order valence-corrected chi connectivity index (χ2v) is 8.60. The molecule has 2 aromatic carbocycles. The fourth-order valence-corrected chi connectivity index (χ4v) is 3.96. The van der Waals surface area contributed by atoms with E-state index in [1.54, 1.807) is 30.3 Å². The summed E-state index contributed by atoms with van der Waals surface area (Å²) in [6, 6.07) is 12.5. The predicted molar refractivity (Wildman–Crippen MR) is 120 cm³/mol. The Hall–Kier alpha value is -2.98. The maximum absolute atomic E-state index is 13.2. The molecule has 0 unspecified atom stereocenters. The summed E-state index contributed by atoms with van der Waals surface area (Å²) >= 11 is 2.35. The van der Waals surface area contributed by atoms with Crippen LogP contribution in [0.3, 0.4) is 0 Å². The summed E-state index contributed by atoms with van der Waals surface area (Å²) in [5, 5.41) is 13.5. The van der Waals surface area contributed by atoms with Crippen LogP contribution in [0.2, 0.25) is 0 Å². The molecule has 2 N–H and O–H groups in total. The van der Waals surface area contributed by atoms with Gasteiger partial charge < -0.3 is 10.1 Å². The number of unbranched alkanes of at least 4 members (excludes halogenated alkanes) is 1. The van der Waals surface area contributed by atoms with E-state index in [4.69, 9.17) is 4.74 Å². The van der Waals surface area contributed by atoms with E-state index in [9.17, 15) is 14.0 Å². The van der Waals surface area contributed by atoms with Crippen LogP contribution in [0.15, 0.2) is 52.9 Å². The third-order valence-electron chi connectivity index (χ3n) is 3.95.